The fourth-order valence-corrected chi connectivity index (χ4v) is 8.21. The van der Waals surface area contributed by atoms with Gasteiger partial charge in [-0.25, -0.2) is 0 Å². The second-order valence-corrected chi connectivity index (χ2v) is 13.3. The minimum absolute atomic E-state index is 0.919. The summed E-state index contributed by atoms with van der Waals surface area (Å²) in [5, 5.41) is 14.9. The summed E-state index contributed by atoms with van der Waals surface area (Å²) in [4.78, 5) is 0. The normalized spacial score (nSPS) is 12.2. The van der Waals surface area contributed by atoms with E-state index in [-0.39, 0.29) is 0 Å². The molecule has 0 fully saturated rings. The fraction of sp³-hybridized carbons (Fsp3) is 0. The van der Waals surface area contributed by atoms with E-state index in [0.717, 1.165) is 28.2 Å². The topological polar surface area (TPSA) is 9.23 Å². The highest BCUT2D eigenvalue weighted by molar-refractivity contribution is 6.19. The van der Waals surface area contributed by atoms with Crippen LogP contribution in [0.25, 0.3) is 98.0 Å². The Labute approximate surface area is 283 Å². The monoisotopic (exact) mass is 620 g/mol. The summed E-state index contributed by atoms with van der Waals surface area (Å²) in [6, 6.07) is 62.1. The number of ether oxygens (including phenoxy) is 1. The first-order valence-corrected chi connectivity index (χ1v) is 16.9. The summed E-state index contributed by atoms with van der Waals surface area (Å²) < 4.78 is 6.88. The number of hydrogen-bond acceptors (Lipinski definition) is 1. The zero-order valence-electron chi connectivity index (χ0n) is 26.6. The van der Waals surface area contributed by atoms with E-state index in [1.165, 1.54) is 81.3 Å². The van der Waals surface area contributed by atoms with Crippen LogP contribution in [0.4, 0.5) is 0 Å². The average Bonchev–Trinajstić information content (AvgIpc) is 3.17. The van der Waals surface area contributed by atoms with E-state index in [9.17, 15) is 0 Å². The maximum atomic E-state index is 6.88. The molecule has 10 aromatic carbocycles. The Morgan fingerprint density at radius 3 is 1.67 bits per heavy atom. The number of hydrogen-bond donors (Lipinski definition) is 0. The number of fused-ring (bicyclic) bond motifs is 10. The molecule has 0 radical (unpaired) electrons. The molecule has 0 N–H and O–H groups in total. The first-order chi connectivity index (χ1) is 24.3. The van der Waals surface area contributed by atoms with Gasteiger partial charge in [-0.2, -0.15) is 0 Å². The van der Waals surface area contributed by atoms with Crippen molar-refractivity contribution in [3.05, 3.63) is 170 Å². The van der Waals surface area contributed by atoms with Gasteiger partial charge in [-0.1, -0.05) is 146 Å². The molecule has 0 saturated heterocycles. The van der Waals surface area contributed by atoms with Crippen LogP contribution < -0.4 is 4.74 Å². The largest absolute Gasteiger partial charge is 0.455 e. The van der Waals surface area contributed by atoms with Crippen LogP contribution in [0.3, 0.4) is 0 Å². The minimum atomic E-state index is 0.919. The lowest BCUT2D eigenvalue weighted by Gasteiger charge is -2.24. The molecule has 0 unspecified atom stereocenters. The molecule has 1 nitrogen and oxygen atoms in total. The predicted molar refractivity (Wildman–Crippen MR) is 208 cm³/mol. The van der Waals surface area contributed by atoms with Crippen molar-refractivity contribution in [3.8, 4) is 44.9 Å². The third-order valence-electron chi connectivity index (χ3n) is 10.6. The van der Waals surface area contributed by atoms with Gasteiger partial charge in [-0.05, 0) is 106 Å². The molecule has 226 valence electrons. The van der Waals surface area contributed by atoms with Gasteiger partial charge in [0, 0.05) is 16.5 Å². The number of benzene rings is 10. The Hall–Kier alpha value is -6.44. The SMILES string of the molecule is c1cc(-c2ccc3ccc4c5cc(-c6ccc7ccccc7c6)ccc5ccc4c3c2)c2c(c1)-c1cccc3c1c(cc1ccccc13)O2. The molecule has 0 amide bonds. The van der Waals surface area contributed by atoms with Crippen molar-refractivity contribution in [2.45, 2.75) is 0 Å². The Kier molecular flexibility index (Phi) is 5.45. The fourth-order valence-electron chi connectivity index (χ4n) is 8.21. The lowest BCUT2D eigenvalue weighted by atomic mass is 9.89. The van der Waals surface area contributed by atoms with E-state index in [1.807, 2.05) is 0 Å². The maximum absolute atomic E-state index is 6.88. The van der Waals surface area contributed by atoms with Crippen molar-refractivity contribution in [1.29, 1.82) is 0 Å². The van der Waals surface area contributed by atoms with Crippen molar-refractivity contribution < 1.29 is 4.74 Å². The molecule has 0 saturated carbocycles. The van der Waals surface area contributed by atoms with Gasteiger partial charge in [0.1, 0.15) is 11.5 Å². The van der Waals surface area contributed by atoms with E-state index in [1.54, 1.807) is 0 Å². The molecule has 1 aliphatic heterocycles. The first kappa shape index (κ1) is 26.6. The van der Waals surface area contributed by atoms with Gasteiger partial charge < -0.3 is 4.74 Å². The Balaban J connectivity index is 1.09. The van der Waals surface area contributed by atoms with E-state index in [0.29, 0.717) is 0 Å². The van der Waals surface area contributed by atoms with E-state index >= 15 is 0 Å². The van der Waals surface area contributed by atoms with Gasteiger partial charge >= 0.3 is 0 Å². The number of rotatable bonds is 2. The quantitative estimate of drug-likeness (QED) is 0.175. The molecule has 1 heterocycles. The smallest absolute Gasteiger partial charge is 0.143 e. The van der Waals surface area contributed by atoms with Crippen LogP contribution in [0.5, 0.6) is 11.5 Å². The molecule has 0 spiro atoms. The second kappa shape index (κ2) is 10.0. The van der Waals surface area contributed by atoms with Gasteiger partial charge in [0.2, 0.25) is 0 Å². The molecule has 10 aromatic rings. The Bertz CT molecular complexity index is 3020. The maximum Gasteiger partial charge on any atom is 0.143 e. The third-order valence-corrected chi connectivity index (χ3v) is 10.6. The van der Waals surface area contributed by atoms with Crippen LogP contribution in [0.1, 0.15) is 0 Å². The van der Waals surface area contributed by atoms with Crippen molar-refractivity contribution in [3.63, 3.8) is 0 Å². The molecule has 11 rings (SSSR count). The van der Waals surface area contributed by atoms with Crippen LogP contribution in [0, 0.1) is 0 Å². The summed E-state index contributed by atoms with van der Waals surface area (Å²) in [7, 11) is 0. The van der Waals surface area contributed by atoms with Crippen LogP contribution in [0.15, 0.2) is 170 Å². The van der Waals surface area contributed by atoms with Crippen LogP contribution in [-0.2, 0) is 0 Å². The van der Waals surface area contributed by atoms with E-state index in [2.05, 4.69) is 170 Å². The first-order valence-electron chi connectivity index (χ1n) is 16.9. The van der Waals surface area contributed by atoms with Gasteiger partial charge in [0.15, 0.2) is 0 Å². The molecular weight excluding hydrogens is 593 g/mol. The molecule has 1 heteroatoms. The van der Waals surface area contributed by atoms with Gasteiger partial charge in [-0.15, -0.1) is 0 Å². The highest BCUT2D eigenvalue weighted by Crippen LogP contribution is 2.52. The third kappa shape index (κ3) is 3.94. The van der Waals surface area contributed by atoms with Gasteiger partial charge in [0.25, 0.3) is 0 Å². The lowest BCUT2D eigenvalue weighted by molar-refractivity contribution is 0.489. The van der Waals surface area contributed by atoms with E-state index in [4.69, 9.17) is 4.74 Å². The van der Waals surface area contributed by atoms with Gasteiger partial charge in [0.05, 0.1) is 0 Å². The van der Waals surface area contributed by atoms with Crippen molar-refractivity contribution in [2.75, 3.05) is 0 Å². The summed E-state index contributed by atoms with van der Waals surface area (Å²) in [5.41, 5.74) is 7.08. The Morgan fingerprint density at radius 1 is 0.286 bits per heavy atom. The van der Waals surface area contributed by atoms with Crippen LogP contribution in [0.2, 0.25) is 0 Å². The summed E-state index contributed by atoms with van der Waals surface area (Å²) in [6.07, 6.45) is 0. The summed E-state index contributed by atoms with van der Waals surface area (Å²) in [5.74, 6) is 1.84. The highest BCUT2D eigenvalue weighted by atomic mass is 16.5. The van der Waals surface area contributed by atoms with Gasteiger partial charge in [-0.3, -0.25) is 0 Å². The summed E-state index contributed by atoms with van der Waals surface area (Å²) in [6.45, 7) is 0. The lowest BCUT2D eigenvalue weighted by Crippen LogP contribution is -1.99. The number of para-hydroxylation sites is 1. The zero-order chi connectivity index (χ0) is 32.1. The predicted octanol–water partition coefficient (Wildman–Crippen LogP) is 13.7. The summed E-state index contributed by atoms with van der Waals surface area (Å²) >= 11 is 0. The molecule has 49 heavy (non-hydrogen) atoms. The molecule has 0 bridgehead atoms. The van der Waals surface area contributed by atoms with Crippen molar-refractivity contribution >= 4 is 64.6 Å². The molecular formula is C48H28O. The molecule has 0 atom stereocenters. The van der Waals surface area contributed by atoms with Crippen molar-refractivity contribution in [1.82, 2.24) is 0 Å². The van der Waals surface area contributed by atoms with Crippen LogP contribution in [-0.4, -0.2) is 0 Å². The molecule has 0 aliphatic carbocycles. The molecule has 1 aliphatic rings. The second-order valence-electron chi connectivity index (χ2n) is 13.3. The van der Waals surface area contributed by atoms with Crippen molar-refractivity contribution in [2.24, 2.45) is 0 Å². The zero-order valence-corrected chi connectivity index (χ0v) is 26.6. The highest BCUT2D eigenvalue weighted by Gasteiger charge is 2.24. The standard InChI is InChI=1S/C48H28O/c1-2-8-32-25-33(18-15-29(32)7-1)34-19-16-30-21-24-40-39(44(30)26-34)23-22-31-17-20-36(27-45(31)40)38-11-5-14-43-42-13-6-12-41-37-10-4-3-9-35(37)28-46(47(41)42)49-48(38)43/h1-28H. The minimum Gasteiger partial charge on any atom is -0.455 e. The molecule has 0 aromatic heterocycles. The Morgan fingerprint density at radius 2 is 0.857 bits per heavy atom. The average molecular weight is 621 g/mol. The van der Waals surface area contributed by atoms with E-state index < -0.39 is 0 Å². The van der Waals surface area contributed by atoms with Crippen LogP contribution >= 0.6 is 0 Å².